The number of hydrogen-bond acceptors (Lipinski definition) is 6. The Morgan fingerprint density at radius 1 is 1.12 bits per heavy atom. The van der Waals surface area contributed by atoms with E-state index in [0.717, 1.165) is 6.07 Å². The third-order valence-corrected chi connectivity index (χ3v) is 2.86. The fourth-order valence-electron chi connectivity index (χ4n) is 1.93. The molecular formula is C11H14O6. The van der Waals surface area contributed by atoms with Crippen molar-refractivity contribution in [3.05, 3.63) is 23.8 Å². The molecule has 6 heteroatoms. The minimum absolute atomic E-state index is 0.113. The molecule has 1 aromatic rings. The van der Waals surface area contributed by atoms with E-state index in [1.165, 1.54) is 12.1 Å². The van der Waals surface area contributed by atoms with Gasteiger partial charge in [0, 0.05) is 11.6 Å². The van der Waals surface area contributed by atoms with Gasteiger partial charge in [-0.2, -0.15) is 0 Å². The highest BCUT2D eigenvalue weighted by molar-refractivity contribution is 5.41. The summed E-state index contributed by atoms with van der Waals surface area (Å²) in [7, 11) is 0. The summed E-state index contributed by atoms with van der Waals surface area (Å²) in [4.78, 5) is 0. The van der Waals surface area contributed by atoms with Gasteiger partial charge in [-0.1, -0.05) is 0 Å². The Labute approximate surface area is 97.3 Å². The van der Waals surface area contributed by atoms with Gasteiger partial charge >= 0.3 is 0 Å². The third-order valence-electron chi connectivity index (χ3n) is 2.86. The first-order valence-electron chi connectivity index (χ1n) is 5.19. The maximum absolute atomic E-state index is 9.75. The quantitative estimate of drug-likeness (QED) is 0.467. The maximum Gasteiger partial charge on any atom is 0.125 e. The van der Waals surface area contributed by atoms with E-state index in [9.17, 15) is 15.3 Å². The van der Waals surface area contributed by atoms with Crippen LogP contribution in [-0.4, -0.2) is 50.5 Å². The molecule has 4 atom stereocenters. The van der Waals surface area contributed by atoms with Crippen LogP contribution in [0.25, 0.3) is 0 Å². The SMILES string of the molecule is OCC1OC(c2ccc(O)cc2O)C(O)C1O. The lowest BCUT2D eigenvalue weighted by molar-refractivity contribution is -0.0233. The molecule has 1 aliphatic heterocycles. The van der Waals surface area contributed by atoms with Gasteiger partial charge in [0.05, 0.1) is 6.61 Å². The van der Waals surface area contributed by atoms with Gasteiger partial charge in [0.15, 0.2) is 0 Å². The van der Waals surface area contributed by atoms with Crippen LogP contribution in [0.1, 0.15) is 11.7 Å². The molecule has 0 aliphatic carbocycles. The number of phenols is 2. The van der Waals surface area contributed by atoms with Crippen molar-refractivity contribution in [2.75, 3.05) is 6.61 Å². The summed E-state index contributed by atoms with van der Waals surface area (Å²) >= 11 is 0. The molecule has 0 radical (unpaired) electrons. The van der Waals surface area contributed by atoms with Crippen LogP contribution in [0.5, 0.6) is 11.5 Å². The highest BCUT2D eigenvalue weighted by Gasteiger charge is 2.43. The van der Waals surface area contributed by atoms with Crippen LogP contribution in [0, 0.1) is 0 Å². The zero-order valence-corrected chi connectivity index (χ0v) is 8.89. The summed E-state index contributed by atoms with van der Waals surface area (Å²) in [5, 5.41) is 47.0. The second-order valence-corrected chi connectivity index (χ2v) is 4.00. The normalized spacial score (nSPS) is 32.9. The molecule has 4 unspecified atom stereocenters. The van der Waals surface area contributed by atoms with Crippen molar-refractivity contribution < 1.29 is 30.3 Å². The van der Waals surface area contributed by atoms with E-state index in [1.807, 2.05) is 0 Å². The van der Waals surface area contributed by atoms with E-state index >= 15 is 0 Å². The Balaban J connectivity index is 2.29. The van der Waals surface area contributed by atoms with Gasteiger partial charge in [-0.25, -0.2) is 0 Å². The third kappa shape index (κ3) is 2.07. The predicted molar refractivity (Wildman–Crippen MR) is 56.5 cm³/mol. The summed E-state index contributed by atoms with van der Waals surface area (Å²) in [6.07, 6.45) is -4.26. The summed E-state index contributed by atoms with van der Waals surface area (Å²) < 4.78 is 5.25. The fraction of sp³-hybridized carbons (Fsp3) is 0.455. The second-order valence-electron chi connectivity index (χ2n) is 4.00. The van der Waals surface area contributed by atoms with Gasteiger partial charge in [0.2, 0.25) is 0 Å². The summed E-state index contributed by atoms with van der Waals surface area (Å²) in [6.45, 7) is -0.423. The lowest BCUT2D eigenvalue weighted by atomic mass is 10.0. The van der Waals surface area contributed by atoms with Crippen LogP contribution in [0.3, 0.4) is 0 Å². The largest absolute Gasteiger partial charge is 0.508 e. The molecule has 2 rings (SSSR count). The number of hydrogen-bond donors (Lipinski definition) is 5. The maximum atomic E-state index is 9.75. The molecule has 1 aliphatic rings. The van der Waals surface area contributed by atoms with Crippen LogP contribution in [-0.2, 0) is 4.74 Å². The Bertz CT molecular complexity index is 407. The first-order chi connectivity index (χ1) is 8.04. The Morgan fingerprint density at radius 3 is 2.35 bits per heavy atom. The highest BCUT2D eigenvalue weighted by Crippen LogP contribution is 2.38. The minimum atomic E-state index is -1.23. The summed E-state index contributed by atoms with van der Waals surface area (Å²) in [5.41, 5.74) is 0.255. The van der Waals surface area contributed by atoms with Gasteiger partial charge < -0.3 is 30.3 Å². The lowest BCUT2D eigenvalue weighted by Gasteiger charge is -2.16. The van der Waals surface area contributed by atoms with E-state index < -0.39 is 31.0 Å². The number of aliphatic hydroxyl groups is 3. The first kappa shape index (κ1) is 12.1. The van der Waals surface area contributed by atoms with Crippen molar-refractivity contribution in [2.24, 2.45) is 0 Å². The predicted octanol–water partition coefficient (Wildman–Crippen LogP) is -0.748. The van der Waals surface area contributed by atoms with Gasteiger partial charge in [0.25, 0.3) is 0 Å². The molecule has 0 bridgehead atoms. The zero-order chi connectivity index (χ0) is 12.6. The standard InChI is InChI=1S/C11H14O6/c12-4-8-9(15)10(16)11(17-8)6-2-1-5(13)3-7(6)14/h1-3,8-16H,4H2. The van der Waals surface area contributed by atoms with E-state index in [0.29, 0.717) is 0 Å². The molecule has 6 nitrogen and oxygen atoms in total. The van der Waals surface area contributed by atoms with E-state index in [2.05, 4.69) is 0 Å². The highest BCUT2D eigenvalue weighted by atomic mass is 16.6. The number of ether oxygens (including phenoxy) is 1. The smallest absolute Gasteiger partial charge is 0.125 e. The molecular weight excluding hydrogens is 228 g/mol. The fourth-order valence-corrected chi connectivity index (χ4v) is 1.93. The number of benzene rings is 1. The van der Waals surface area contributed by atoms with Gasteiger partial charge in [-0.15, -0.1) is 0 Å². The molecule has 5 N–H and O–H groups in total. The number of aromatic hydroxyl groups is 2. The van der Waals surface area contributed by atoms with Gasteiger partial charge in [-0.3, -0.25) is 0 Å². The van der Waals surface area contributed by atoms with Crippen LogP contribution in [0.4, 0.5) is 0 Å². The Kier molecular flexibility index (Phi) is 3.21. The summed E-state index contributed by atoms with van der Waals surface area (Å²) in [6, 6.07) is 3.85. The van der Waals surface area contributed by atoms with Crippen molar-refractivity contribution in [1.82, 2.24) is 0 Å². The second kappa shape index (κ2) is 4.50. The van der Waals surface area contributed by atoms with Crippen molar-refractivity contribution in [3.8, 4) is 11.5 Å². The topological polar surface area (TPSA) is 110 Å². The molecule has 1 aromatic carbocycles. The lowest BCUT2D eigenvalue weighted by Crippen LogP contribution is -2.32. The average Bonchev–Trinajstić information content (AvgIpc) is 2.57. The number of phenolic OH excluding ortho intramolecular Hbond substituents is 2. The number of rotatable bonds is 2. The van der Waals surface area contributed by atoms with E-state index in [1.54, 1.807) is 0 Å². The van der Waals surface area contributed by atoms with Crippen LogP contribution < -0.4 is 0 Å². The molecule has 0 spiro atoms. The molecule has 1 heterocycles. The molecule has 0 aromatic heterocycles. The summed E-state index contributed by atoms with van der Waals surface area (Å²) in [5.74, 6) is -0.349. The zero-order valence-electron chi connectivity index (χ0n) is 8.89. The first-order valence-corrected chi connectivity index (χ1v) is 5.19. The molecule has 1 fully saturated rings. The molecule has 0 saturated carbocycles. The van der Waals surface area contributed by atoms with Crippen LogP contribution >= 0.6 is 0 Å². The molecule has 94 valence electrons. The van der Waals surface area contributed by atoms with E-state index in [4.69, 9.17) is 14.9 Å². The average molecular weight is 242 g/mol. The van der Waals surface area contributed by atoms with Crippen LogP contribution in [0.2, 0.25) is 0 Å². The van der Waals surface area contributed by atoms with Gasteiger partial charge in [-0.05, 0) is 12.1 Å². The minimum Gasteiger partial charge on any atom is -0.508 e. The Morgan fingerprint density at radius 2 is 1.82 bits per heavy atom. The van der Waals surface area contributed by atoms with Crippen molar-refractivity contribution in [2.45, 2.75) is 24.4 Å². The molecule has 17 heavy (non-hydrogen) atoms. The molecule has 1 saturated heterocycles. The van der Waals surface area contributed by atoms with Crippen molar-refractivity contribution in [3.63, 3.8) is 0 Å². The van der Waals surface area contributed by atoms with Crippen molar-refractivity contribution >= 4 is 0 Å². The van der Waals surface area contributed by atoms with E-state index in [-0.39, 0.29) is 17.1 Å². The van der Waals surface area contributed by atoms with Crippen molar-refractivity contribution in [1.29, 1.82) is 0 Å². The monoisotopic (exact) mass is 242 g/mol. The van der Waals surface area contributed by atoms with Gasteiger partial charge in [0.1, 0.15) is 35.9 Å². The Hall–Kier alpha value is -1.34. The van der Waals surface area contributed by atoms with Crippen LogP contribution in [0.15, 0.2) is 18.2 Å². The molecule has 0 amide bonds. The number of aliphatic hydroxyl groups excluding tert-OH is 3.